The topological polar surface area (TPSA) is 8.81 Å². The Labute approximate surface area is 256 Å². The Kier molecular flexibility index (Phi) is 22.7. The molecule has 2 rings (SSSR count). The van der Waals surface area contributed by atoms with Crippen LogP contribution in [0.1, 0.15) is 186 Å². The molecular formula is C39H69N2+. The molecular weight excluding hydrogens is 496 g/mol. The van der Waals surface area contributed by atoms with Crippen molar-refractivity contribution in [1.29, 1.82) is 0 Å². The molecule has 0 unspecified atom stereocenters. The number of imidazole rings is 1. The summed E-state index contributed by atoms with van der Waals surface area (Å²) in [5.74, 6) is 1.50. The van der Waals surface area contributed by atoms with Crippen molar-refractivity contribution in [1.82, 2.24) is 4.57 Å². The molecule has 0 fully saturated rings. The highest BCUT2D eigenvalue weighted by Crippen LogP contribution is 2.15. The van der Waals surface area contributed by atoms with Crippen molar-refractivity contribution in [2.24, 2.45) is 0 Å². The first kappa shape index (κ1) is 35.6. The molecule has 0 saturated carbocycles. The van der Waals surface area contributed by atoms with E-state index in [9.17, 15) is 0 Å². The lowest BCUT2D eigenvalue weighted by Gasteiger charge is -2.07. The van der Waals surface area contributed by atoms with Gasteiger partial charge in [-0.15, -0.1) is 0 Å². The van der Waals surface area contributed by atoms with Crippen LogP contribution in [0.15, 0.2) is 42.7 Å². The zero-order chi connectivity index (χ0) is 29.1. The van der Waals surface area contributed by atoms with Crippen molar-refractivity contribution < 1.29 is 4.57 Å². The lowest BCUT2D eigenvalue weighted by atomic mass is 10.0. The van der Waals surface area contributed by atoms with Gasteiger partial charge in [0.2, 0.25) is 0 Å². The number of aromatic nitrogens is 2. The maximum atomic E-state index is 2.56. The zero-order valence-corrected chi connectivity index (χ0v) is 27.7. The molecule has 0 N–H and O–H groups in total. The fourth-order valence-electron chi connectivity index (χ4n) is 6.31. The largest absolute Gasteiger partial charge is 0.260 e. The summed E-state index contributed by atoms with van der Waals surface area (Å²) in [5, 5.41) is 0. The summed E-state index contributed by atoms with van der Waals surface area (Å²) in [4.78, 5) is 0. The van der Waals surface area contributed by atoms with Crippen LogP contribution in [0.5, 0.6) is 0 Å². The molecule has 0 saturated heterocycles. The zero-order valence-electron chi connectivity index (χ0n) is 27.7. The van der Waals surface area contributed by atoms with Crippen LogP contribution >= 0.6 is 0 Å². The molecule has 2 nitrogen and oxygen atoms in total. The van der Waals surface area contributed by atoms with Crippen LogP contribution in [0.25, 0.3) is 0 Å². The third kappa shape index (κ3) is 18.6. The summed E-state index contributed by atoms with van der Waals surface area (Å²) < 4.78 is 5.12. The molecule has 0 aliphatic carbocycles. The van der Waals surface area contributed by atoms with Gasteiger partial charge in [-0.3, -0.25) is 0 Å². The summed E-state index contributed by atoms with van der Waals surface area (Å²) in [7, 11) is 0. The quantitative estimate of drug-likeness (QED) is 0.0685. The average Bonchev–Trinajstić information content (AvgIpc) is 3.37. The van der Waals surface area contributed by atoms with Gasteiger partial charge in [0.15, 0.2) is 0 Å². The molecule has 2 aromatic rings. The highest BCUT2D eigenvalue weighted by atomic mass is 15.1. The van der Waals surface area contributed by atoms with Crippen molar-refractivity contribution in [3.05, 3.63) is 54.1 Å². The number of hydrogen-bond donors (Lipinski definition) is 0. The summed E-state index contributed by atoms with van der Waals surface area (Å²) in [6, 6.07) is 11.1. The Balaban J connectivity index is 1.60. The van der Waals surface area contributed by atoms with Crippen molar-refractivity contribution in [3.8, 4) is 0 Å². The third-order valence-corrected chi connectivity index (χ3v) is 9.05. The van der Waals surface area contributed by atoms with Crippen LogP contribution in [-0.2, 0) is 19.5 Å². The molecule has 41 heavy (non-hydrogen) atoms. The Morgan fingerprint density at radius 1 is 0.488 bits per heavy atom. The van der Waals surface area contributed by atoms with Crippen LogP contribution in [0, 0.1) is 0 Å². The fourth-order valence-corrected chi connectivity index (χ4v) is 6.31. The van der Waals surface area contributed by atoms with Crippen molar-refractivity contribution in [2.45, 2.75) is 194 Å². The van der Waals surface area contributed by atoms with Crippen LogP contribution < -0.4 is 4.57 Å². The molecule has 0 spiro atoms. The number of rotatable bonds is 29. The van der Waals surface area contributed by atoms with E-state index in [4.69, 9.17) is 0 Å². The number of hydrogen-bond acceptors (Lipinski definition) is 0. The molecule has 2 heteroatoms. The molecule has 234 valence electrons. The highest BCUT2D eigenvalue weighted by molar-refractivity contribution is 5.18. The first-order valence-corrected chi connectivity index (χ1v) is 18.5. The van der Waals surface area contributed by atoms with Gasteiger partial charge in [0.05, 0.1) is 19.5 Å². The summed E-state index contributed by atoms with van der Waals surface area (Å²) in [5.41, 5.74) is 1.43. The van der Waals surface area contributed by atoms with E-state index in [0.29, 0.717) is 0 Å². The SMILES string of the molecule is CCCCCCCCCCCCCCCCn1cc[n+](CCCCCCCCCCCCC)c1Cc1ccccc1. The van der Waals surface area contributed by atoms with Crippen LogP contribution in [0.4, 0.5) is 0 Å². The Morgan fingerprint density at radius 2 is 0.902 bits per heavy atom. The van der Waals surface area contributed by atoms with Gasteiger partial charge in [-0.25, -0.2) is 9.13 Å². The van der Waals surface area contributed by atoms with Crippen molar-refractivity contribution in [3.63, 3.8) is 0 Å². The normalized spacial score (nSPS) is 11.5. The maximum Gasteiger partial charge on any atom is 0.260 e. The number of benzene rings is 1. The van der Waals surface area contributed by atoms with Gasteiger partial charge >= 0.3 is 0 Å². The van der Waals surface area contributed by atoms with Crippen molar-refractivity contribution >= 4 is 0 Å². The summed E-state index contributed by atoms with van der Waals surface area (Å²) >= 11 is 0. The van der Waals surface area contributed by atoms with E-state index in [1.54, 1.807) is 0 Å². The standard InChI is InChI=1S/C39H69N2/c1-3-5-7-9-11-13-15-16-17-19-21-23-25-30-34-41-36-35-40(39(41)37-38-31-27-26-28-32-38)33-29-24-22-20-18-14-12-10-8-6-4-2/h26-28,31-32,35-36H,3-25,29-30,33-34,37H2,1-2H3/q+1. The van der Waals surface area contributed by atoms with E-state index in [0.717, 1.165) is 6.42 Å². The van der Waals surface area contributed by atoms with Crippen LogP contribution in [-0.4, -0.2) is 4.57 Å². The fraction of sp³-hybridized carbons (Fsp3) is 0.769. The lowest BCUT2D eigenvalue weighted by Crippen LogP contribution is -2.37. The first-order chi connectivity index (χ1) is 20.3. The summed E-state index contributed by atoms with van der Waals surface area (Å²) in [6.45, 7) is 6.95. The Hall–Kier alpha value is -1.57. The second-order valence-corrected chi connectivity index (χ2v) is 12.9. The predicted molar refractivity (Wildman–Crippen MR) is 181 cm³/mol. The highest BCUT2D eigenvalue weighted by Gasteiger charge is 2.17. The average molecular weight is 566 g/mol. The van der Waals surface area contributed by atoms with Crippen LogP contribution in [0.3, 0.4) is 0 Å². The Morgan fingerprint density at radius 3 is 1.37 bits per heavy atom. The van der Waals surface area contributed by atoms with Gasteiger partial charge < -0.3 is 0 Å². The molecule has 0 atom stereocenters. The van der Waals surface area contributed by atoms with Crippen LogP contribution in [0.2, 0.25) is 0 Å². The monoisotopic (exact) mass is 566 g/mol. The van der Waals surface area contributed by atoms with E-state index < -0.39 is 0 Å². The van der Waals surface area contributed by atoms with Gasteiger partial charge in [-0.1, -0.05) is 179 Å². The van der Waals surface area contributed by atoms with E-state index >= 15 is 0 Å². The second kappa shape index (κ2) is 26.1. The maximum absolute atomic E-state index is 2.56. The van der Waals surface area contributed by atoms with Gasteiger partial charge in [0, 0.05) is 0 Å². The number of aryl methyl sites for hydroxylation is 2. The van der Waals surface area contributed by atoms with Gasteiger partial charge in [0.1, 0.15) is 12.4 Å². The molecule has 1 aromatic carbocycles. The minimum absolute atomic E-state index is 1.05. The van der Waals surface area contributed by atoms with Crippen molar-refractivity contribution in [2.75, 3.05) is 0 Å². The lowest BCUT2D eigenvalue weighted by molar-refractivity contribution is -0.703. The molecule has 1 heterocycles. The third-order valence-electron chi connectivity index (χ3n) is 9.05. The van der Waals surface area contributed by atoms with Gasteiger partial charge in [-0.05, 0) is 31.2 Å². The minimum Gasteiger partial charge on any atom is -0.234 e. The van der Waals surface area contributed by atoms with Gasteiger partial charge in [0.25, 0.3) is 5.82 Å². The second-order valence-electron chi connectivity index (χ2n) is 12.9. The van der Waals surface area contributed by atoms with E-state index in [2.05, 4.69) is 65.7 Å². The number of nitrogens with zero attached hydrogens (tertiary/aromatic N) is 2. The molecule has 0 amide bonds. The smallest absolute Gasteiger partial charge is 0.234 e. The molecule has 0 bridgehead atoms. The summed E-state index contributed by atoms with van der Waals surface area (Å²) in [6.07, 6.45) is 41.2. The molecule has 0 aliphatic rings. The van der Waals surface area contributed by atoms with E-state index in [1.165, 1.54) is 185 Å². The molecule has 0 radical (unpaired) electrons. The molecule has 0 aliphatic heterocycles. The first-order valence-electron chi connectivity index (χ1n) is 18.5. The van der Waals surface area contributed by atoms with E-state index in [-0.39, 0.29) is 0 Å². The number of unbranched alkanes of at least 4 members (excludes halogenated alkanes) is 23. The minimum atomic E-state index is 1.05. The Bertz CT molecular complexity index is 808. The van der Waals surface area contributed by atoms with Gasteiger partial charge in [-0.2, -0.15) is 0 Å². The molecule has 1 aromatic heterocycles. The predicted octanol–water partition coefficient (Wildman–Crippen LogP) is 12.2. The van der Waals surface area contributed by atoms with E-state index in [1.807, 2.05) is 0 Å².